The Morgan fingerprint density at radius 1 is 1.42 bits per heavy atom. The molecule has 0 radical (unpaired) electrons. The predicted octanol–water partition coefficient (Wildman–Crippen LogP) is -0.561. The first kappa shape index (κ1) is 15.9. The second kappa shape index (κ2) is 7.45. The van der Waals surface area contributed by atoms with Crippen molar-refractivity contribution >= 4 is 11.8 Å². The summed E-state index contributed by atoms with van der Waals surface area (Å²) in [6.07, 6.45) is 1.82. The van der Waals surface area contributed by atoms with Gasteiger partial charge >= 0.3 is 0 Å². The van der Waals surface area contributed by atoms with Crippen molar-refractivity contribution in [3.63, 3.8) is 0 Å². The van der Waals surface area contributed by atoms with Gasteiger partial charge in [-0.25, -0.2) is 0 Å². The smallest absolute Gasteiger partial charge is 0.237 e. The molecule has 6 nitrogen and oxygen atoms in total. The summed E-state index contributed by atoms with van der Waals surface area (Å²) in [5.41, 5.74) is 5.40. The maximum atomic E-state index is 12.2. The van der Waals surface area contributed by atoms with Crippen LogP contribution in [0.4, 0.5) is 0 Å². The number of amides is 2. The van der Waals surface area contributed by atoms with E-state index in [9.17, 15) is 9.59 Å². The first-order chi connectivity index (χ1) is 9.01. The molecule has 19 heavy (non-hydrogen) atoms. The Morgan fingerprint density at radius 2 is 2.05 bits per heavy atom. The van der Waals surface area contributed by atoms with Crippen molar-refractivity contribution in [1.82, 2.24) is 15.5 Å². The van der Waals surface area contributed by atoms with Gasteiger partial charge in [0.25, 0.3) is 0 Å². The summed E-state index contributed by atoms with van der Waals surface area (Å²) in [6.45, 7) is 7.88. The number of hydrogen-bond donors (Lipinski definition) is 3. The topological polar surface area (TPSA) is 87.5 Å². The van der Waals surface area contributed by atoms with E-state index in [-0.39, 0.29) is 23.9 Å². The van der Waals surface area contributed by atoms with E-state index in [1.54, 1.807) is 0 Å². The van der Waals surface area contributed by atoms with Crippen LogP contribution in [0.2, 0.25) is 0 Å². The Balaban J connectivity index is 2.65. The summed E-state index contributed by atoms with van der Waals surface area (Å²) < 4.78 is 0. The van der Waals surface area contributed by atoms with Gasteiger partial charge in [0.1, 0.15) is 6.04 Å². The molecule has 1 aliphatic rings. The summed E-state index contributed by atoms with van der Waals surface area (Å²) >= 11 is 0. The van der Waals surface area contributed by atoms with Crippen molar-refractivity contribution in [3.8, 4) is 0 Å². The van der Waals surface area contributed by atoms with Crippen molar-refractivity contribution in [2.75, 3.05) is 19.6 Å². The molecule has 1 saturated heterocycles. The lowest BCUT2D eigenvalue weighted by atomic mass is 10.1. The van der Waals surface area contributed by atoms with Crippen LogP contribution in [0.25, 0.3) is 0 Å². The zero-order valence-corrected chi connectivity index (χ0v) is 12.1. The van der Waals surface area contributed by atoms with Crippen LogP contribution in [0.1, 0.15) is 33.6 Å². The number of piperazine rings is 1. The summed E-state index contributed by atoms with van der Waals surface area (Å²) in [6, 6.07) is -0.540. The number of hydrogen-bond acceptors (Lipinski definition) is 4. The lowest BCUT2D eigenvalue weighted by Crippen LogP contribution is -2.62. The van der Waals surface area contributed by atoms with Crippen molar-refractivity contribution in [2.24, 2.45) is 5.73 Å². The molecule has 1 rings (SSSR count). The molecule has 0 aromatic carbocycles. The fourth-order valence-corrected chi connectivity index (χ4v) is 2.41. The summed E-state index contributed by atoms with van der Waals surface area (Å²) in [7, 11) is 0. The number of carbonyl (C=O) groups excluding carboxylic acids is 2. The summed E-state index contributed by atoms with van der Waals surface area (Å²) in [4.78, 5) is 25.5. The summed E-state index contributed by atoms with van der Waals surface area (Å²) in [5.74, 6) is -0.406. The van der Waals surface area contributed by atoms with Gasteiger partial charge < -0.3 is 16.4 Å². The van der Waals surface area contributed by atoms with E-state index in [2.05, 4.69) is 24.5 Å². The molecule has 4 N–H and O–H groups in total. The second-order valence-corrected chi connectivity index (χ2v) is 5.06. The maximum absolute atomic E-state index is 12.2. The molecule has 2 unspecified atom stereocenters. The largest absolute Gasteiger partial charge is 0.368 e. The highest BCUT2D eigenvalue weighted by Gasteiger charge is 2.33. The number of carbonyl (C=O) groups is 2. The zero-order chi connectivity index (χ0) is 14.4. The Kier molecular flexibility index (Phi) is 6.24. The van der Waals surface area contributed by atoms with E-state index >= 15 is 0 Å². The predicted molar refractivity (Wildman–Crippen MR) is 74.5 cm³/mol. The molecule has 0 spiro atoms. The minimum absolute atomic E-state index is 0.0261. The fourth-order valence-electron chi connectivity index (χ4n) is 2.41. The molecule has 0 saturated carbocycles. The molecule has 0 aromatic rings. The lowest BCUT2D eigenvalue weighted by molar-refractivity contribution is -0.131. The van der Waals surface area contributed by atoms with Crippen molar-refractivity contribution in [1.29, 1.82) is 0 Å². The molecule has 0 aliphatic carbocycles. The zero-order valence-electron chi connectivity index (χ0n) is 12.1. The molecule has 0 bridgehead atoms. The average molecular weight is 270 g/mol. The third-order valence-corrected chi connectivity index (χ3v) is 3.82. The second-order valence-electron chi connectivity index (χ2n) is 5.06. The molecule has 1 heterocycles. The first-order valence-electron chi connectivity index (χ1n) is 7.07. The van der Waals surface area contributed by atoms with Gasteiger partial charge in [-0.2, -0.15) is 0 Å². The Hall–Kier alpha value is -1.14. The molecule has 2 amide bonds. The van der Waals surface area contributed by atoms with Gasteiger partial charge in [0, 0.05) is 25.7 Å². The molecule has 0 aromatic heterocycles. The minimum atomic E-state index is -0.406. The number of rotatable bonds is 6. The van der Waals surface area contributed by atoms with Gasteiger partial charge in [-0.3, -0.25) is 14.5 Å². The van der Waals surface area contributed by atoms with E-state index in [1.807, 2.05) is 11.8 Å². The maximum Gasteiger partial charge on any atom is 0.237 e. The van der Waals surface area contributed by atoms with Crippen molar-refractivity contribution in [2.45, 2.75) is 51.7 Å². The SMILES string of the molecule is CCC(CC)NC(=O)C(C)N1CCNCC1C(N)=O. The molecule has 1 aliphatic heterocycles. The van der Waals surface area contributed by atoms with Gasteiger partial charge in [-0.1, -0.05) is 13.8 Å². The number of nitrogens with one attached hydrogen (secondary N) is 2. The van der Waals surface area contributed by atoms with Crippen LogP contribution in [0.15, 0.2) is 0 Å². The summed E-state index contributed by atoms with van der Waals surface area (Å²) in [5, 5.41) is 6.15. The third-order valence-electron chi connectivity index (χ3n) is 3.82. The molecular formula is C13H26N4O2. The first-order valence-corrected chi connectivity index (χ1v) is 7.07. The normalized spacial score (nSPS) is 22.2. The van der Waals surface area contributed by atoms with Crippen LogP contribution in [-0.2, 0) is 9.59 Å². The standard InChI is InChI=1S/C13H26N4O2/c1-4-10(5-2)16-13(19)9(3)17-7-6-15-8-11(17)12(14)18/h9-11,15H,4-8H2,1-3H3,(H2,14,18)(H,16,19). The van der Waals surface area contributed by atoms with Gasteiger partial charge in [0.2, 0.25) is 11.8 Å². The quantitative estimate of drug-likeness (QED) is 0.604. The fraction of sp³-hybridized carbons (Fsp3) is 0.846. The van der Waals surface area contributed by atoms with E-state index in [0.717, 1.165) is 19.4 Å². The highest BCUT2D eigenvalue weighted by molar-refractivity contribution is 5.84. The Bertz CT molecular complexity index is 318. The van der Waals surface area contributed by atoms with Gasteiger partial charge in [0.05, 0.1) is 6.04 Å². The third kappa shape index (κ3) is 4.18. The lowest BCUT2D eigenvalue weighted by Gasteiger charge is -2.38. The van der Waals surface area contributed by atoms with Crippen LogP contribution in [0.3, 0.4) is 0 Å². The van der Waals surface area contributed by atoms with Gasteiger partial charge in [-0.05, 0) is 19.8 Å². The van der Waals surface area contributed by atoms with Crippen LogP contribution < -0.4 is 16.4 Å². The number of nitrogens with zero attached hydrogens (tertiary/aromatic N) is 1. The van der Waals surface area contributed by atoms with Crippen molar-refractivity contribution < 1.29 is 9.59 Å². The van der Waals surface area contributed by atoms with Crippen LogP contribution in [0.5, 0.6) is 0 Å². The molecular weight excluding hydrogens is 244 g/mol. The molecule has 2 atom stereocenters. The van der Waals surface area contributed by atoms with E-state index < -0.39 is 6.04 Å². The monoisotopic (exact) mass is 270 g/mol. The molecule has 110 valence electrons. The highest BCUT2D eigenvalue weighted by atomic mass is 16.2. The average Bonchev–Trinajstić information content (AvgIpc) is 2.43. The van der Waals surface area contributed by atoms with E-state index in [0.29, 0.717) is 13.1 Å². The van der Waals surface area contributed by atoms with Gasteiger partial charge in [-0.15, -0.1) is 0 Å². The Labute approximate surface area is 115 Å². The van der Waals surface area contributed by atoms with Crippen LogP contribution in [-0.4, -0.2) is 54.5 Å². The van der Waals surface area contributed by atoms with Crippen LogP contribution >= 0.6 is 0 Å². The Morgan fingerprint density at radius 3 is 2.58 bits per heavy atom. The molecule has 6 heteroatoms. The molecule has 1 fully saturated rings. The van der Waals surface area contributed by atoms with Crippen LogP contribution in [0, 0.1) is 0 Å². The highest BCUT2D eigenvalue weighted by Crippen LogP contribution is 2.09. The van der Waals surface area contributed by atoms with E-state index in [4.69, 9.17) is 5.73 Å². The number of nitrogens with two attached hydrogens (primary N) is 1. The number of primary amides is 1. The van der Waals surface area contributed by atoms with E-state index in [1.165, 1.54) is 0 Å². The minimum Gasteiger partial charge on any atom is -0.368 e. The van der Waals surface area contributed by atoms with Crippen molar-refractivity contribution in [3.05, 3.63) is 0 Å². The van der Waals surface area contributed by atoms with Gasteiger partial charge in [0.15, 0.2) is 0 Å².